The normalized spacial score (nSPS) is 18.7. The first kappa shape index (κ1) is 16.1. The highest BCUT2D eigenvalue weighted by molar-refractivity contribution is 9.10. The van der Waals surface area contributed by atoms with Gasteiger partial charge in [-0.15, -0.1) is 0 Å². The SMILES string of the molecule is CCOc1cc(CN2CCC[C@@H]2C(=O)O)cc(Br)c1OC. The van der Waals surface area contributed by atoms with Crippen LogP contribution in [0, 0.1) is 0 Å². The molecule has 0 aliphatic carbocycles. The summed E-state index contributed by atoms with van der Waals surface area (Å²) in [5.74, 6) is 0.595. The molecule has 116 valence electrons. The van der Waals surface area contributed by atoms with Crippen molar-refractivity contribution in [2.24, 2.45) is 0 Å². The van der Waals surface area contributed by atoms with Gasteiger partial charge in [-0.05, 0) is 59.9 Å². The summed E-state index contributed by atoms with van der Waals surface area (Å²) in [6.45, 7) is 3.87. The largest absolute Gasteiger partial charge is 0.492 e. The van der Waals surface area contributed by atoms with Crippen LogP contribution in [0.25, 0.3) is 0 Å². The molecule has 1 N–H and O–H groups in total. The summed E-state index contributed by atoms with van der Waals surface area (Å²) in [5, 5.41) is 9.24. The number of carbonyl (C=O) groups is 1. The fourth-order valence-corrected chi connectivity index (χ4v) is 3.35. The summed E-state index contributed by atoms with van der Waals surface area (Å²) in [5.41, 5.74) is 1.01. The monoisotopic (exact) mass is 357 g/mol. The van der Waals surface area contributed by atoms with Crippen LogP contribution in [0.3, 0.4) is 0 Å². The number of rotatable bonds is 6. The summed E-state index contributed by atoms with van der Waals surface area (Å²) in [4.78, 5) is 13.2. The van der Waals surface area contributed by atoms with Crippen LogP contribution in [0.15, 0.2) is 16.6 Å². The van der Waals surface area contributed by atoms with E-state index in [0.717, 1.165) is 23.0 Å². The highest BCUT2D eigenvalue weighted by Gasteiger charge is 2.30. The number of hydrogen-bond acceptors (Lipinski definition) is 4. The van der Waals surface area contributed by atoms with E-state index in [1.54, 1.807) is 7.11 Å². The molecule has 0 radical (unpaired) electrons. The van der Waals surface area contributed by atoms with E-state index < -0.39 is 5.97 Å². The molecule has 1 heterocycles. The number of likely N-dealkylation sites (tertiary alicyclic amines) is 1. The summed E-state index contributed by atoms with van der Waals surface area (Å²) in [7, 11) is 1.60. The highest BCUT2D eigenvalue weighted by Crippen LogP contribution is 2.37. The van der Waals surface area contributed by atoms with E-state index in [1.807, 2.05) is 24.0 Å². The smallest absolute Gasteiger partial charge is 0.320 e. The quantitative estimate of drug-likeness (QED) is 0.848. The number of methoxy groups -OCH3 is 1. The molecule has 5 nitrogen and oxygen atoms in total. The van der Waals surface area contributed by atoms with Gasteiger partial charge in [0.2, 0.25) is 0 Å². The van der Waals surface area contributed by atoms with Gasteiger partial charge in [0, 0.05) is 6.54 Å². The second-order valence-corrected chi connectivity index (χ2v) is 5.86. The van der Waals surface area contributed by atoms with Gasteiger partial charge in [-0.2, -0.15) is 0 Å². The minimum Gasteiger partial charge on any atom is -0.492 e. The molecule has 0 spiro atoms. The van der Waals surface area contributed by atoms with Crippen molar-refractivity contribution in [1.82, 2.24) is 4.90 Å². The average molecular weight is 358 g/mol. The van der Waals surface area contributed by atoms with Crippen molar-refractivity contribution in [3.63, 3.8) is 0 Å². The highest BCUT2D eigenvalue weighted by atomic mass is 79.9. The zero-order chi connectivity index (χ0) is 15.4. The number of carboxylic acid groups (broad SMARTS) is 1. The molecule has 1 aromatic rings. The van der Waals surface area contributed by atoms with E-state index in [9.17, 15) is 9.90 Å². The lowest BCUT2D eigenvalue weighted by atomic mass is 10.1. The molecule has 0 bridgehead atoms. The Balaban J connectivity index is 2.22. The fourth-order valence-electron chi connectivity index (χ4n) is 2.70. The van der Waals surface area contributed by atoms with Crippen molar-refractivity contribution >= 4 is 21.9 Å². The number of nitrogens with zero attached hydrogens (tertiary/aromatic N) is 1. The molecule has 1 aliphatic rings. The second-order valence-electron chi connectivity index (χ2n) is 5.01. The lowest BCUT2D eigenvalue weighted by molar-refractivity contribution is -0.142. The average Bonchev–Trinajstić information content (AvgIpc) is 2.87. The molecule has 0 amide bonds. The Morgan fingerprint density at radius 1 is 1.52 bits per heavy atom. The van der Waals surface area contributed by atoms with Crippen LogP contribution in [0.1, 0.15) is 25.3 Å². The van der Waals surface area contributed by atoms with Gasteiger partial charge in [-0.1, -0.05) is 0 Å². The van der Waals surface area contributed by atoms with Crippen molar-refractivity contribution in [1.29, 1.82) is 0 Å². The van der Waals surface area contributed by atoms with Gasteiger partial charge < -0.3 is 14.6 Å². The van der Waals surface area contributed by atoms with Crippen molar-refractivity contribution in [3.8, 4) is 11.5 Å². The third-order valence-corrected chi connectivity index (χ3v) is 4.20. The number of hydrogen-bond donors (Lipinski definition) is 1. The summed E-state index contributed by atoms with van der Waals surface area (Å²) < 4.78 is 11.7. The summed E-state index contributed by atoms with van der Waals surface area (Å²) in [6.07, 6.45) is 1.64. The molecular weight excluding hydrogens is 338 g/mol. The number of halogens is 1. The van der Waals surface area contributed by atoms with Crippen molar-refractivity contribution < 1.29 is 19.4 Å². The molecule has 1 aliphatic heterocycles. The first-order chi connectivity index (χ1) is 10.1. The standard InChI is InChI=1S/C15H20BrNO4/c1-3-21-13-8-10(7-11(16)14(13)20-2)9-17-6-4-5-12(17)15(18)19/h7-8,12H,3-6,9H2,1-2H3,(H,18,19)/t12-/m1/s1. The Hall–Kier alpha value is -1.27. The van der Waals surface area contributed by atoms with E-state index >= 15 is 0 Å². The Bertz CT molecular complexity index is 521. The molecule has 6 heteroatoms. The fraction of sp³-hybridized carbons (Fsp3) is 0.533. The first-order valence-electron chi connectivity index (χ1n) is 7.02. The minimum atomic E-state index is -0.745. The lowest BCUT2D eigenvalue weighted by Crippen LogP contribution is -2.35. The van der Waals surface area contributed by atoms with E-state index in [0.29, 0.717) is 31.1 Å². The minimum absolute atomic E-state index is 0.388. The van der Waals surface area contributed by atoms with Gasteiger partial charge in [-0.3, -0.25) is 9.69 Å². The maximum atomic E-state index is 11.2. The number of aliphatic carboxylic acids is 1. The second kappa shape index (κ2) is 7.13. The van der Waals surface area contributed by atoms with Crippen LogP contribution in [-0.4, -0.2) is 42.3 Å². The van der Waals surface area contributed by atoms with Gasteiger partial charge in [0.25, 0.3) is 0 Å². The topological polar surface area (TPSA) is 59.0 Å². The van der Waals surface area contributed by atoms with E-state index in [-0.39, 0.29) is 6.04 Å². The van der Waals surface area contributed by atoms with Gasteiger partial charge in [0.1, 0.15) is 6.04 Å². The number of benzene rings is 1. The summed E-state index contributed by atoms with van der Waals surface area (Å²) in [6, 6.07) is 3.49. The predicted octanol–water partition coefficient (Wildman–Crippen LogP) is 2.91. The molecule has 0 saturated carbocycles. The molecular formula is C15H20BrNO4. The van der Waals surface area contributed by atoms with Crippen molar-refractivity contribution in [2.75, 3.05) is 20.3 Å². The number of ether oxygens (including phenoxy) is 2. The van der Waals surface area contributed by atoms with Gasteiger partial charge in [0.05, 0.1) is 18.2 Å². The molecule has 1 fully saturated rings. The molecule has 0 unspecified atom stereocenters. The Morgan fingerprint density at radius 3 is 2.90 bits per heavy atom. The molecule has 0 aromatic heterocycles. The Kier molecular flexibility index (Phi) is 5.47. The third-order valence-electron chi connectivity index (χ3n) is 3.61. The van der Waals surface area contributed by atoms with E-state index in [1.165, 1.54) is 0 Å². The molecule has 2 rings (SSSR count). The zero-order valence-corrected chi connectivity index (χ0v) is 13.9. The molecule has 1 aromatic carbocycles. The van der Waals surface area contributed by atoms with Crippen LogP contribution in [0.4, 0.5) is 0 Å². The zero-order valence-electron chi connectivity index (χ0n) is 12.3. The third kappa shape index (κ3) is 3.68. The van der Waals surface area contributed by atoms with E-state index in [2.05, 4.69) is 15.9 Å². The van der Waals surface area contributed by atoms with Crippen molar-refractivity contribution in [2.45, 2.75) is 32.4 Å². The van der Waals surface area contributed by atoms with Crippen LogP contribution in [-0.2, 0) is 11.3 Å². The van der Waals surface area contributed by atoms with Crippen LogP contribution < -0.4 is 9.47 Å². The maximum absolute atomic E-state index is 11.2. The van der Waals surface area contributed by atoms with Crippen LogP contribution in [0.5, 0.6) is 11.5 Å². The summed E-state index contributed by atoms with van der Waals surface area (Å²) >= 11 is 3.48. The van der Waals surface area contributed by atoms with Crippen LogP contribution in [0.2, 0.25) is 0 Å². The van der Waals surface area contributed by atoms with E-state index in [4.69, 9.17) is 9.47 Å². The molecule has 1 saturated heterocycles. The van der Waals surface area contributed by atoms with Crippen LogP contribution >= 0.6 is 15.9 Å². The van der Waals surface area contributed by atoms with Gasteiger partial charge in [-0.25, -0.2) is 0 Å². The molecule has 1 atom stereocenters. The molecule has 21 heavy (non-hydrogen) atoms. The van der Waals surface area contributed by atoms with Gasteiger partial charge in [0.15, 0.2) is 11.5 Å². The Morgan fingerprint density at radius 2 is 2.29 bits per heavy atom. The first-order valence-corrected chi connectivity index (χ1v) is 7.82. The predicted molar refractivity (Wildman–Crippen MR) is 82.9 cm³/mol. The Labute approximate surface area is 133 Å². The van der Waals surface area contributed by atoms with Gasteiger partial charge >= 0.3 is 5.97 Å². The number of carboxylic acids is 1. The van der Waals surface area contributed by atoms with Crippen molar-refractivity contribution in [3.05, 3.63) is 22.2 Å². The maximum Gasteiger partial charge on any atom is 0.320 e. The lowest BCUT2D eigenvalue weighted by Gasteiger charge is -2.22.